The lowest BCUT2D eigenvalue weighted by Gasteiger charge is -2.02. The summed E-state index contributed by atoms with van der Waals surface area (Å²) in [6, 6.07) is 7.30. The number of methoxy groups -OCH3 is 1. The van der Waals surface area contributed by atoms with E-state index in [9.17, 15) is 4.79 Å². The van der Waals surface area contributed by atoms with Gasteiger partial charge in [0.25, 0.3) is 0 Å². The Morgan fingerprint density at radius 1 is 1.40 bits per heavy atom. The molecule has 0 radical (unpaired) electrons. The Bertz CT molecular complexity index is 308. The van der Waals surface area contributed by atoms with E-state index in [1.54, 1.807) is 23.9 Å². The van der Waals surface area contributed by atoms with Crippen molar-refractivity contribution in [3.05, 3.63) is 35.4 Å². The normalized spacial score (nSPS) is 10.0. The van der Waals surface area contributed by atoms with Crippen LogP contribution in [0.2, 0.25) is 0 Å². The molecule has 1 N–H and O–H groups in total. The predicted molar refractivity (Wildman–Crippen MR) is 61.0 cm³/mol. The molecule has 3 nitrogen and oxygen atoms in total. The van der Waals surface area contributed by atoms with Crippen LogP contribution in [0.5, 0.6) is 0 Å². The smallest absolute Gasteiger partial charge is 0.337 e. The minimum Gasteiger partial charge on any atom is -0.465 e. The SMILES string of the molecule is COC(=O)c1ccc(CSCCO)cc1. The minimum absolute atomic E-state index is 0.199. The van der Waals surface area contributed by atoms with Gasteiger partial charge in [-0.1, -0.05) is 12.1 Å². The van der Waals surface area contributed by atoms with Crippen molar-refractivity contribution in [1.82, 2.24) is 0 Å². The van der Waals surface area contributed by atoms with E-state index in [0.717, 1.165) is 17.1 Å². The molecule has 1 aromatic carbocycles. The molecule has 0 aliphatic heterocycles. The van der Waals surface area contributed by atoms with E-state index in [4.69, 9.17) is 5.11 Å². The van der Waals surface area contributed by atoms with E-state index in [1.165, 1.54) is 7.11 Å². The second-order valence-corrected chi connectivity index (χ2v) is 4.07. The molecule has 0 unspecified atom stereocenters. The summed E-state index contributed by atoms with van der Waals surface area (Å²) in [5, 5.41) is 8.61. The second-order valence-electron chi connectivity index (χ2n) is 2.96. The van der Waals surface area contributed by atoms with E-state index in [0.29, 0.717) is 5.56 Å². The summed E-state index contributed by atoms with van der Waals surface area (Å²) >= 11 is 1.66. The number of carbonyl (C=O) groups is 1. The van der Waals surface area contributed by atoms with Gasteiger partial charge in [-0.05, 0) is 17.7 Å². The number of aliphatic hydroxyl groups is 1. The monoisotopic (exact) mass is 226 g/mol. The zero-order valence-corrected chi connectivity index (χ0v) is 9.42. The Kier molecular flexibility index (Phi) is 5.21. The van der Waals surface area contributed by atoms with Gasteiger partial charge in [0.1, 0.15) is 0 Å². The van der Waals surface area contributed by atoms with Gasteiger partial charge >= 0.3 is 5.97 Å². The first-order valence-electron chi connectivity index (χ1n) is 4.63. The van der Waals surface area contributed by atoms with Gasteiger partial charge in [-0.25, -0.2) is 4.79 Å². The molecule has 0 heterocycles. The Balaban J connectivity index is 2.52. The fourth-order valence-corrected chi connectivity index (χ4v) is 1.81. The molecular weight excluding hydrogens is 212 g/mol. The van der Waals surface area contributed by atoms with E-state index in [1.807, 2.05) is 12.1 Å². The van der Waals surface area contributed by atoms with Gasteiger partial charge in [-0.2, -0.15) is 11.8 Å². The number of rotatable bonds is 5. The van der Waals surface area contributed by atoms with E-state index in [2.05, 4.69) is 4.74 Å². The van der Waals surface area contributed by atoms with Crippen LogP contribution in [0.25, 0.3) is 0 Å². The fraction of sp³-hybridized carbons (Fsp3) is 0.364. The standard InChI is InChI=1S/C11H14O3S/c1-14-11(13)10-4-2-9(3-5-10)8-15-7-6-12/h2-5,12H,6-8H2,1H3. The van der Waals surface area contributed by atoms with E-state index in [-0.39, 0.29) is 12.6 Å². The van der Waals surface area contributed by atoms with Crippen molar-refractivity contribution in [3.63, 3.8) is 0 Å². The highest BCUT2D eigenvalue weighted by Crippen LogP contribution is 2.13. The first-order valence-corrected chi connectivity index (χ1v) is 5.79. The van der Waals surface area contributed by atoms with Gasteiger partial charge in [-0.3, -0.25) is 0 Å². The summed E-state index contributed by atoms with van der Waals surface area (Å²) in [6.07, 6.45) is 0. The molecule has 0 aliphatic rings. The first kappa shape index (κ1) is 12.1. The second kappa shape index (κ2) is 6.48. The molecule has 0 fully saturated rings. The molecule has 0 spiro atoms. The Labute approximate surface area is 93.4 Å². The third-order valence-electron chi connectivity index (χ3n) is 1.88. The third-order valence-corrected chi connectivity index (χ3v) is 2.89. The van der Waals surface area contributed by atoms with Crippen LogP contribution in [0.3, 0.4) is 0 Å². The van der Waals surface area contributed by atoms with Gasteiger partial charge in [0, 0.05) is 11.5 Å². The summed E-state index contributed by atoms with van der Waals surface area (Å²) in [6.45, 7) is 0.199. The lowest BCUT2D eigenvalue weighted by atomic mass is 10.1. The topological polar surface area (TPSA) is 46.5 Å². The third kappa shape index (κ3) is 3.93. The summed E-state index contributed by atoms with van der Waals surface area (Å²) < 4.78 is 4.60. The van der Waals surface area contributed by atoms with Crippen LogP contribution in [-0.2, 0) is 10.5 Å². The Hall–Kier alpha value is -1.00. The average Bonchev–Trinajstić information content (AvgIpc) is 2.29. The zero-order valence-electron chi connectivity index (χ0n) is 8.60. The number of thioether (sulfide) groups is 1. The number of carbonyl (C=O) groups excluding carboxylic acids is 1. The quantitative estimate of drug-likeness (QED) is 0.613. The maximum absolute atomic E-state index is 11.1. The summed E-state index contributed by atoms with van der Waals surface area (Å²) in [5.41, 5.74) is 1.70. The van der Waals surface area contributed by atoms with Crippen LogP contribution in [0.4, 0.5) is 0 Å². The molecule has 0 amide bonds. The van der Waals surface area contributed by atoms with Crippen LogP contribution >= 0.6 is 11.8 Å². The number of ether oxygens (including phenoxy) is 1. The summed E-state index contributed by atoms with van der Waals surface area (Å²) in [7, 11) is 1.37. The fourth-order valence-electron chi connectivity index (χ4n) is 1.11. The number of benzene rings is 1. The lowest BCUT2D eigenvalue weighted by molar-refractivity contribution is 0.0600. The maximum Gasteiger partial charge on any atom is 0.337 e. The van der Waals surface area contributed by atoms with E-state index >= 15 is 0 Å². The highest BCUT2D eigenvalue weighted by molar-refractivity contribution is 7.98. The molecule has 1 rings (SSSR count). The summed E-state index contributed by atoms with van der Waals surface area (Å²) in [4.78, 5) is 11.1. The van der Waals surface area contributed by atoms with Crippen LogP contribution in [0, 0.1) is 0 Å². The van der Waals surface area contributed by atoms with Gasteiger partial charge in [0.15, 0.2) is 0 Å². The predicted octanol–water partition coefficient (Wildman–Crippen LogP) is 1.70. The van der Waals surface area contributed by atoms with Crippen molar-refractivity contribution in [1.29, 1.82) is 0 Å². The summed E-state index contributed by atoms with van der Waals surface area (Å²) in [5.74, 6) is 1.27. The molecular formula is C11H14O3S. The van der Waals surface area contributed by atoms with Crippen LogP contribution in [0.15, 0.2) is 24.3 Å². The van der Waals surface area contributed by atoms with Crippen molar-refractivity contribution in [2.45, 2.75) is 5.75 Å². The molecule has 0 atom stereocenters. The minimum atomic E-state index is -0.315. The number of hydrogen-bond acceptors (Lipinski definition) is 4. The zero-order chi connectivity index (χ0) is 11.1. The average molecular weight is 226 g/mol. The van der Waals surface area contributed by atoms with Gasteiger partial charge in [0.05, 0.1) is 19.3 Å². The van der Waals surface area contributed by atoms with Gasteiger partial charge in [0.2, 0.25) is 0 Å². The molecule has 15 heavy (non-hydrogen) atoms. The highest BCUT2D eigenvalue weighted by atomic mass is 32.2. The number of hydrogen-bond donors (Lipinski definition) is 1. The number of esters is 1. The maximum atomic E-state index is 11.1. The first-order chi connectivity index (χ1) is 7.27. The molecule has 4 heteroatoms. The molecule has 0 aliphatic carbocycles. The number of aliphatic hydroxyl groups excluding tert-OH is 1. The van der Waals surface area contributed by atoms with Crippen molar-refractivity contribution < 1.29 is 14.6 Å². The largest absolute Gasteiger partial charge is 0.465 e. The lowest BCUT2D eigenvalue weighted by Crippen LogP contribution is -2.00. The highest BCUT2D eigenvalue weighted by Gasteiger charge is 2.03. The molecule has 0 bridgehead atoms. The van der Waals surface area contributed by atoms with E-state index < -0.39 is 0 Å². The van der Waals surface area contributed by atoms with Gasteiger partial charge < -0.3 is 9.84 Å². The molecule has 0 aromatic heterocycles. The van der Waals surface area contributed by atoms with Crippen molar-refractivity contribution in [2.24, 2.45) is 0 Å². The molecule has 0 saturated carbocycles. The van der Waals surface area contributed by atoms with Crippen molar-refractivity contribution in [3.8, 4) is 0 Å². The molecule has 82 valence electrons. The van der Waals surface area contributed by atoms with Crippen molar-refractivity contribution >= 4 is 17.7 Å². The van der Waals surface area contributed by atoms with Crippen molar-refractivity contribution in [2.75, 3.05) is 19.5 Å². The van der Waals surface area contributed by atoms with Crippen LogP contribution < -0.4 is 0 Å². The Morgan fingerprint density at radius 3 is 2.60 bits per heavy atom. The van der Waals surface area contributed by atoms with Crippen LogP contribution in [0.1, 0.15) is 15.9 Å². The Morgan fingerprint density at radius 2 is 2.07 bits per heavy atom. The van der Waals surface area contributed by atoms with Crippen LogP contribution in [-0.4, -0.2) is 30.5 Å². The molecule has 0 saturated heterocycles. The van der Waals surface area contributed by atoms with Gasteiger partial charge in [-0.15, -0.1) is 0 Å². The molecule has 1 aromatic rings.